The second-order valence-corrected chi connectivity index (χ2v) is 5.08. The maximum absolute atomic E-state index is 13.8. The van der Waals surface area contributed by atoms with Gasteiger partial charge in [-0.2, -0.15) is 0 Å². The number of methoxy groups -OCH3 is 1. The van der Waals surface area contributed by atoms with Gasteiger partial charge in [-0.1, -0.05) is 17.7 Å². The fourth-order valence-electron chi connectivity index (χ4n) is 2.44. The van der Waals surface area contributed by atoms with Gasteiger partial charge in [-0.15, -0.1) is 0 Å². The SMILES string of the molecule is COc1ccc(F)c(NCc2c(C)cc(C)cc2C)c1. The maximum Gasteiger partial charge on any atom is 0.146 e. The van der Waals surface area contributed by atoms with E-state index < -0.39 is 0 Å². The quantitative estimate of drug-likeness (QED) is 0.893. The summed E-state index contributed by atoms with van der Waals surface area (Å²) < 4.78 is 18.9. The van der Waals surface area contributed by atoms with E-state index in [0.29, 0.717) is 18.0 Å². The van der Waals surface area contributed by atoms with Crippen molar-refractivity contribution in [1.82, 2.24) is 0 Å². The minimum Gasteiger partial charge on any atom is -0.497 e. The van der Waals surface area contributed by atoms with Crippen molar-refractivity contribution in [3.05, 3.63) is 58.4 Å². The van der Waals surface area contributed by atoms with E-state index in [2.05, 4.69) is 38.2 Å². The van der Waals surface area contributed by atoms with Crippen LogP contribution < -0.4 is 10.1 Å². The topological polar surface area (TPSA) is 21.3 Å². The molecule has 0 aliphatic heterocycles. The van der Waals surface area contributed by atoms with Crippen LogP contribution in [0.2, 0.25) is 0 Å². The van der Waals surface area contributed by atoms with E-state index in [1.54, 1.807) is 19.2 Å². The van der Waals surface area contributed by atoms with Gasteiger partial charge < -0.3 is 10.1 Å². The van der Waals surface area contributed by atoms with Crippen molar-refractivity contribution in [3.8, 4) is 5.75 Å². The summed E-state index contributed by atoms with van der Waals surface area (Å²) in [7, 11) is 1.57. The predicted molar refractivity (Wildman–Crippen MR) is 80.9 cm³/mol. The highest BCUT2D eigenvalue weighted by atomic mass is 19.1. The average Bonchev–Trinajstić information content (AvgIpc) is 2.39. The Morgan fingerprint density at radius 3 is 2.30 bits per heavy atom. The summed E-state index contributed by atoms with van der Waals surface area (Å²) in [5, 5.41) is 3.15. The molecule has 3 heteroatoms. The molecule has 0 amide bonds. The Hall–Kier alpha value is -2.03. The Morgan fingerprint density at radius 2 is 1.70 bits per heavy atom. The average molecular weight is 273 g/mol. The number of ether oxygens (including phenoxy) is 1. The molecule has 2 aromatic carbocycles. The van der Waals surface area contributed by atoms with Crippen LogP contribution in [-0.2, 0) is 6.54 Å². The van der Waals surface area contributed by atoms with Crippen LogP contribution in [0.5, 0.6) is 5.75 Å². The van der Waals surface area contributed by atoms with Crippen LogP contribution in [-0.4, -0.2) is 7.11 Å². The molecule has 0 atom stereocenters. The molecule has 20 heavy (non-hydrogen) atoms. The molecule has 0 saturated heterocycles. The van der Waals surface area contributed by atoms with Gasteiger partial charge in [-0.05, 0) is 49.6 Å². The molecule has 0 aliphatic rings. The van der Waals surface area contributed by atoms with Gasteiger partial charge in [-0.25, -0.2) is 4.39 Å². The summed E-state index contributed by atoms with van der Waals surface area (Å²) in [6, 6.07) is 8.99. The summed E-state index contributed by atoms with van der Waals surface area (Å²) >= 11 is 0. The van der Waals surface area contributed by atoms with Gasteiger partial charge in [0.25, 0.3) is 0 Å². The first kappa shape index (κ1) is 14.4. The number of halogens is 1. The molecule has 0 radical (unpaired) electrons. The molecule has 0 unspecified atom stereocenters. The van der Waals surface area contributed by atoms with Gasteiger partial charge in [-0.3, -0.25) is 0 Å². The number of anilines is 1. The zero-order chi connectivity index (χ0) is 14.7. The van der Waals surface area contributed by atoms with Crippen LogP contribution >= 0.6 is 0 Å². The molecule has 2 aromatic rings. The van der Waals surface area contributed by atoms with Crippen molar-refractivity contribution < 1.29 is 9.13 Å². The molecule has 0 spiro atoms. The van der Waals surface area contributed by atoms with Crippen LogP contribution in [0.4, 0.5) is 10.1 Å². The van der Waals surface area contributed by atoms with Crippen molar-refractivity contribution >= 4 is 5.69 Å². The molecule has 0 heterocycles. The highest BCUT2D eigenvalue weighted by molar-refractivity contribution is 5.51. The van der Waals surface area contributed by atoms with Crippen LogP contribution in [0, 0.1) is 26.6 Å². The highest BCUT2D eigenvalue weighted by Crippen LogP contribution is 2.23. The number of nitrogens with one attached hydrogen (secondary N) is 1. The van der Waals surface area contributed by atoms with E-state index in [9.17, 15) is 4.39 Å². The monoisotopic (exact) mass is 273 g/mol. The number of rotatable bonds is 4. The smallest absolute Gasteiger partial charge is 0.146 e. The Labute approximate surface area is 119 Å². The number of hydrogen-bond donors (Lipinski definition) is 1. The van der Waals surface area contributed by atoms with Gasteiger partial charge >= 0.3 is 0 Å². The molecule has 2 nitrogen and oxygen atoms in total. The second-order valence-electron chi connectivity index (χ2n) is 5.08. The van der Waals surface area contributed by atoms with Crippen LogP contribution in [0.1, 0.15) is 22.3 Å². The molecule has 0 bridgehead atoms. The van der Waals surface area contributed by atoms with E-state index in [1.165, 1.54) is 28.3 Å². The molecule has 1 N–H and O–H groups in total. The lowest BCUT2D eigenvalue weighted by molar-refractivity contribution is 0.414. The molecule has 0 aliphatic carbocycles. The zero-order valence-electron chi connectivity index (χ0n) is 12.4. The molecule has 2 rings (SSSR count). The number of aryl methyl sites for hydroxylation is 3. The van der Waals surface area contributed by atoms with Gasteiger partial charge in [0.2, 0.25) is 0 Å². The van der Waals surface area contributed by atoms with Crippen molar-refractivity contribution in [1.29, 1.82) is 0 Å². The number of hydrogen-bond acceptors (Lipinski definition) is 2. The summed E-state index contributed by atoms with van der Waals surface area (Å²) in [4.78, 5) is 0. The van der Waals surface area contributed by atoms with E-state index in [4.69, 9.17) is 4.74 Å². The molecular formula is C17H20FNO. The summed E-state index contributed by atoms with van der Waals surface area (Å²) in [5.74, 6) is 0.375. The third-order valence-electron chi connectivity index (χ3n) is 3.47. The lowest BCUT2D eigenvalue weighted by atomic mass is 10.00. The third-order valence-corrected chi connectivity index (χ3v) is 3.47. The van der Waals surface area contributed by atoms with Gasteiger partial charge in [0.1, 0.15) is 11.6 Å². The van der Waals surface area contributed by atoms with Crippen molar-refractivity contribution in [3.63, 3.8) is 0 Å². The predicted octanol–water partition coefficient (Wildman–Crippen LogP) is 4.37. The van der Waals surface area contributed by atoms with Crippen LogP contribution in [0.25, 0.3) is 0 Å². The minimum absolute atomic E-state index is 0.270. The van der Waals surface area contributed by atoms with Crippen molar-refractivity contribution in [2.45, 2.75) is 27.3 Å². The molecule has 0 aromatic heterocycles. The first-order chi connectivity index (χ1) is 9.51. The molecule has 106 valence electrons. The lowest BCUT2D eigenvalue weighted by Crippen LogP contribution is -2.05. The lowest BCUT2D eigenvalue weighted by Gasteiger charge is -2.14. The normalized spacial score (nSPS) is 10.4. The second kappa shape index (κ2) is 5.95. The van der Waals surface area contributed by atoms with Crippen LogP contribution in [0.3, 0.4) is 0 Å². The fourth-order valence-corrected chi connectivity index (χ4v) is 2.44. The third kappa shape index (κ3) is 3.10. The summed E-state index contributed by atoms with van der Waals surface area (Å²) in [6.45, 7) is 6.85. The van der Waals surface area contributed by atoms with Gasteiger partial charge in [0.05, 0.1) is 12.8 Å². The van der Waals surface area contributed by atoms with E-state index in [0.717, 1.165) is 0 Å². The minimum atomic E-state index is -0.270. The largest absolute Gasteiger partial charge is 0.497 e. The Morgan fingerprint density at radius 1 is 1.05 bits per heavy atom. The molecule has 0 saturated carbocycles. The van der Waals surface area contributed by atoms with E-state index in [1.807, 2.05) is 0 Å². The molecule has 0 fully saturated rings. The first-order valence-corrected chi connectivity index (χ1v) is 6.65. The standard InChI is InChI=1S/C17H20FNO/c1-11-7-12(2)15(13(3)8-11)10-19-17-9-14(20-4)5-6-16(17)18/h5-9,19H,10H2,1-4H3. The van der Waals surface area contributed by atoms with Gasteiger partial charge in [0, 0.05) is 12.6 Å². The molecular weight excluding hydrogens is 253 g/mol. The Kier molecular flexibility index (Phi) is 4.28. The zero-order valence-corrected chi connectivity index (χ0v) is 12.4. The summed E-state index contributed by atoms with van der Waals surface area (Å²) in [6.07, 6.45) is 0. The van der Waals surface area contributed by atoms with Crippen molar-refractivity contribution in [2.24, 2.45) is 0 Å². The van der Waals surface area contributed by atoms with E-state index >= 15 is 0 Å². The van der Waals surface area contributed by atoms with Crippen LogP contribution in [0.15, 0.2) is 30.3 Å². The highest BCUT2D eigenvalue weighted by Gasteiger charge is 2.07. The Balaban J connectivity index is 2.21. The first-order valence-electron chi connectivity index (χ1n) is 6.65. The summed E-state index contributed by atoms with van der Waals surface area (Å²) in [5.41, 5.74) is 5.36. The maximum atomic E-state index is 13.8. The van der Waals surface area contributed by atoms with Crippen molar-refractivity contribution in [2.75, 3.05) is 12.4 Å². The number of benzene rings is 2. The Bertz CT molecular complexity index is 599. The van der Waals surface area contributed by atoms with Gasteiger partial charge in [0.15, 0.2) is 0 Å². The van der Waals surface area contributed by atoms with E-state index in [-0.39, 0.29) is 5.82 Å². The fraction of sp³-hybridized carbons (Fsp3) is 0.294.